The summed E-state index contributed by atoms with van der Waals surface area (Å²) in [6, 6.07) is 13.5. The minimum absolute atomic E-state index is 0.00770. The first-order chi connectivity index (χ1) is 17.7. The van der Waals surface area contributed by atoms with Crippen molar-refractivity contribution in [3.05, 3.63) is 71.5 Å². The monoisotopic (exact) mass is 528 g/mol. The number of benzene rings is 2. The van der Waals surface area contributed by atoms with Crippen LogP contribution in [0.15, 0.2) is 65.3 Å². The number of carbonyl (C=O) groups is 1. The highest BCUT2D eigenvalue weighted by Gasteiger charge is 2.30. The molecule has 0 unspecified atom stereocenters. The van der Waals surface area contributed by atoms with Gasteiger partial charge in [-0.3, -0.25) is 4.79 Å². The summed E-state index contributed by atoms with van der Waals surface area (Å²) < 4.78 is 44.2. The van der Waals surface area contributed by atoms with E-state index in [4.69, 9.17) is 20.6 Å². The second-order valence-corrected chi connectivity index (χ2v) is 10.5. The molecule has 0 aliphatic carbocycles. The molecule has 0 spiro atoms. The van der Waals surface area contributed by atoms with Gasteiger partial charge >= 0.3 is 0 Å². The number of sulfonamides is 1. The van der Waals surface area contributed by atoms with Gasteiger partial charge < -0.3 is 24.2 Å². The van der Waals surface area contributed by atoms with E-state index in [-0.39, 0.29) is 48.8 Å². The van der Waals surface area contributed by atoms with Gasteiger partial charge in [-0.05, 0) is 48.0 Å². The maximum atomic E-state index is 13.1. The van der Waals surface area contributed by atoms with Gasteiger partial charge in [0.15, 0.2) is 5.76 Å². The Labute approximate surface area is 218 Å². The number of methoxy groups -OCH3 is 1. The van der Waals surface area contributed by atoms with E-state index in [0.29, 0.717) is 12.2 Å². The van der Waals surface area contributed by atoms with Crippen molar-refractivity contribution in [1.82, 2.24) is 9.21 Å². The second kappa shape index (κ2) is 12.7. The Morgan fingerprint density at radius 1 is 1.14 bits per heavy atom. The average Bonchev–Trinajstić information content (AvgIpc) is 2.92. The van der Waals surface area contributed by atoms with E-state index >= 15 is 0 Å². The van der Waals surface area contributed by atoms with Crippen LogP contribution in [-0.4, -0.2) is 82.4 Å². The van der Waals surface area contributed by atoms with Gasteiger partial charge in [-0.1, -0.05) is 18.1 Å². The summed E-state index contributed by atoms with van der Waals surface area (Å²) in [6.45, 7) is -0.476. The lowest BCUT2D eigenvalue weighted by molar-refractivity contribution is -0.151. The van der Waals surface area contributed by atoms with Crippen molar-refractivity contribution in [3.8, 4) is 18.1 Å². The number of hydrogen-bond acceptors (Lipinski definition) is 7. The van der Waals surface area contributed by atoms with Gasteiger partial charge in [0.2, 0.25) is 16.3 Å². The van der Waals surface area contributed by atoms with Crippen LogP contribution in [0.3, 0.4) is 0 Å². The largest absolute Gasteiger partial charge is 0.497 e. The molecule has 0 radical (unpaired) electrons. The Kier molecular flexibility index (Phi) is 9.72. The molecule has 2 aromatic rings. The highest BCUT2D eigenvalue weighted by molar-refractivity contribution is 7.89. The van der Waals surface area contributed by atoms with Crippen molar-refractivity contribution in [2.45, 2.75) is 23.5 Å². The van der Waals surface area contributed by atoms with Gasteiger partial charge in [-0.15, -0.1) is 6.42 Å². The van der Waals surface area contributed by atoms with Crippen LogP contribution in [0.25, 0.3) is 0 Å². The van der Waals surface area contributed by atoms with Crippen molar-refractivity contribution in [1.29, 1.82) is 0 Å². The van der Waals surface area contributed by atoms with E-state index < -0.39 is 16.3 Å². The molecule has 1 amide bonds. The van der Waals surface area contributed by atoms with E-state index in [9.17, 15) is 18.3 Å². The third-order valence-electron chi connectivity index (χ3n) is 5.87. The molecule has 0 aromatic heterocycles. The Hall–Kier alpha value is -3.36. The number of aliphatic hydroxyl groups excluding tert-OH is 1. The van der Waals surface area contributed by atoms with Gasteiger partial charge in [0.05, 0.1) is 25.2 Å². The van der Waals surface area contributed by atoms with Gasteiger partial charge in [0.1, 0.15) is 5.75 Å². The molecule has 198 valence electrons. The highest BCUT2D eigenvalue weighted by Crippen LogP contribution is 2.32. The predicted molar refractivity (Wildman–Crippen MR) is 138 cm³/mol. The number of amides is 1. The van der Waals surface area contributed by atoms with Crippen LogP contribution in [0.5, 0.6) is 5.75 Å². The van der Waals surface area contributed by atoms with E-state index in [0.717, 1.165) is 15.4 Å². The van der Waals surface area contributed by atoms with Gasteiger partial charge in [0, 0.05) is 45.1 Å². The van der Waals surface area contributed by atoms with E-state index in [1.165, 1.54) is 24.1 Å². The standard InChI is InChI=1S/C27H32N2O7S/c1-5-20-6-8-21(9-7-20)22-18-25(27(31)28(2)3)36-26(19-22)35-17-15-29(14-16-30)37(32,33)24-12-10-23(34-4)11-13-24/h1,6-13,18,22,26,30H,14-17,19H2,2-4H3/t22-,26+/m0/s1. The van der Waals surface area contributed by atoms with Crippen LogP contribution < -0.4 is 4.74 Å². The Balaban J connectivity index is 1.72. The number of rotatable bonds is 11. The van der Waals surface area contributed by atoms with Crippen LogP contribution in [0, 0.1) is 12.3 Å². The third-order valence-corrected chi connectivity index (χ3v) is 7.78. The van der Waals surface area contributed by atoms with Gasteiger partial charge in [-0.2, -0.15) is 4.31 Å². The predicted octanol–water partition coefficient (Wildman–Crippen LogP) is 2.18. The molecule has 0 saturated heterocycles. The van der Waals surface area contributed by atoms with Crippen molar-refractivity contribution in [3.63, 3.8) is 0 Å². The Bertz CT molecular complexity index is 1230. The topological polar surface area (TPSA) is 106 Å². The summed E-state index contributed by atoms with van der Waals surface area (Å²) in [4.78, 5) is 14.1. The van der Waals surface area contributed by atoms with Crippen molar-refractivity contribution in [2.24, 2.45) is 0 Å². The number of aliphatic hydroxyl groups is 1. The van der Waals surface area contributed by atoms with Crippen LogP contribution in [0.1, 0.15) is 23.5 Å². The summed E-state index contributed by atoms with van der Waals surface area (Å²) in [5.41, 5.74) is 1.70. The summed E-state index contributed by atoms with van der Waals surface area (Å²) in [5, 5.41) is 9.47. The first kappa shape index (κ1) is 28.2. The minimum atomic E-state index is -3.88. The third kappa shape index (κ3) is 7.11. The number of likely N-dealkylation sites (N-methyl/N-ethyl adjacent to an activating group) is 1. The molecular formula is C27H32N2O7S. The van der Waals surface area contributed by atoms with Crippen LogP contribution >= 0.6 is 0 Å². The maximum Gasteiger partial charge on any atom is 0.288 e. The first-order valence-corrected chi connectivity index (χ1v) is 13.2. The molecule has 9 nitrogen and oxygen atoms in total. The number of ether oxygens (including phenoxy) is 3. The molecule has 2 aromatic carbocycles. The molecule has 2 atom stereocenters. The van der Waals surface area contributed by atoms with Crippen LogP contribution in [-0.2, 0) is 24.3 Å². The highest BCUT2D eigenvalue weighted by atomic mass is 32.2. The van der Waals surface area contributed by atoms with Crippen molar-refractivity contribution >= 4 is 15.9 Å². The van der Waals surface area contributed by atoms with Crippen LogP contribution in [0.2, 0.25) is 0 Å². The molecular weight excluding hydrogens is 496 g/mol. The van der Waals surface area contributed by atoms with Gasteiger partial charge in [-0.25, -0.2) is 8.42 Å². The van der Waals surface area contributed by atoms with E-state index in [1.54, 1.807) is 32.3 Å². The summed E-state index contributed by atoms with van der Waals surface area (Å²) >= 11 is 0. The number of terminal acetylenes is 1. The summed E-state index contributed by atoms with van der Waals surface area (Å²) in [6.07, 6.45) is 6.86. The molecule has 0 saturated carbocycles. The number of allylic oxidation sites excluding steroid dienone is 1. The molecule has 3 rings (SSSR count). The fourth-order valence-corrected chi connectivity index (χ4v) is 5.25. The van der Waals surface area contributed by atoms with E-state index in [2.05, 4.69) is 5.92 Å². The lowest BCUT2D eigenvalue weighted by atomic mass is 9.92. The first-order valence-electron chi connectivity index (χ1n) is 11.7. The lowest BCUT2D eigenvalue weighted by Gasteiger charge is -2.31. The zero-order chi connectivity index (χ0) is 27.0. The zero-order valence-corrected chi connectivity index (χ0v) is 22.0. The molecule has 1 heterocycles. The molecule has 10 heteroatoms. The number of carbonyl (C=O) groups excluding carboxylic acids is 1. The lowest BCUT2D eigenvalue weighted by Crippen LogP contribution is -2.38. The van der Waals surface area contributed by atoms with Crippen molar-refractivity contribution in [2.75, 3.05) is 47.5 Å². The van der Waals surface area contributed by atoms with Crippen molar-refractivity contribution < 1.29 is 32.5 Å². The molecule has 1 aliphatic heterocycles. The fraction of sp³-hybridized carbons (Fsp3) is 0.370. The Morgan fingerprint density at radius 3 is 2.38 bits per heavy atom. The molecule has 37 heavy (non-hydrogen) atoms. The number of nitrogens with zero attached hydrogens (tertiary/aromatic N) is 2. The van der Waals surface area contributed by atoms with Crippen LogP contribution in [0.4, 0.5) is 0 Å². The molecule has 0 bridgehead atoms. The maximum absolute atomic E-state index is 13.1. The van der Waals surface area contributed by atoms with E-state index in [1.807, 2.05) is 24.3 Å². The fourth-order valence-electron chi connectivity index (χ4n) is 3.84. The SMILES string of the molecule is C#Cc1ccc([C@H]2C=C(C(=O)N(C)C)O[C@@H](OCCN(CCO)S(=O)(=O)c3ccc(OC)cc3)C2)cc1. The van der Waals surface area contributed by atoms with Gasteiger partial charge in [0.25, 0.3) is 5.91 Å². The quantitative estimate of drug-likeness (QED) is 0.446. The normalized spacial score (nSPS) is 17.5. The smallest absolute Gasteiger partial charge is 0.288 e. The second-order valence-electron chi connectivity index (χ2n) is 8.56. The Morgan fingerprint density at radius 2 is 1.81 bits per heavy atom. The average molecular weight is 529 g/mol. The molecule has 0 fully saturated rings. The molecule has 1 N–H and O–H groups in total. The molecule has 1 aliphatic rings. The zero-order valence-electron chi connectivity index (χ0n) is 21.2. The minimum Gasteiger partial charge on any atom is -0.497 e. The number of hydrogen-bond donors (Lipinski definition) is 1. The summed E-state index contributed by atoms with van der Waals surface area (Å²) in [5.74, 6) is 2.80. The summed E-state index contributed by atoms with van der Waals surface area (Å²) in [7, 11) is 0.877.